The number of fused-ring (bicyclic) bond motifs is 4. The number of epoxide rings is 1. The highest BCUT2D eigenvalue weighted by atomic mass is 16.6. The SMILES string of the molecule is C[C@H](CCC1CO1)[C@H]1CC[C@@]2(C)C3=C(CC[C@]12C)[C@@]1(C)CC[C@H](O)C(C)(C)[C@@H]1CC3. The van der Waals surface area contributed by atoms with Gasteiger partial charge in [-0.3, -0.25) is 0 Å². The van der Waals surface area contributed by atoms with E-state index in [1.807, 2.05) is 11.1 Å². The fourth-order valence-electron chi connectivity index (χ4n) is 9.51. The summed E-state index contributed by atoms with van der Waals surface area (Å²) < 4.78 is 5.50. The van der Waals surface area contributed by atoms with Gasteiger partial charge in [0.05, 0.1) is 18.8 Å². The van der Waals surface area contributed by atoms with Gasteiger partial charge in [0.1, 0.15) is 0 Å². The minimum absolute atomic E-state index is 0.0464. The molecule has 1 N–H and O–H groups in total. The molecular formula is C28H46O2. The molecule has 2 saturated carbocycles. The lowest BCUT2D eigenvalue weighted by Gasteiger charge is -2.62. The second kappa shape index (κ2) is 6.83. The van der Waals surface area contributed by atoms with Gasteiger partial charge < -0.3 is 9.84 Å². The van der Waals surface area contributed by atoms with Crippen LogP contribution < -0.4 is 0 Å². The third kappa shape index (κ3) is 2.81. The first kappa shape index (κ1) is 21.5. The lowest BCUT2D eigenvalue weighted by molar-refractivity contribution is -0.0962. The standard InChI is InChI=1S/C28H46O2/c1-18(7-8-19-17-30-19)20-11-15-28(6)22-9-10-23-25(2,3)24(29)13-14-26(23,4)21(22)12-16-27(20,28)5/h18-20,23-24,29H,7-17H2,1-6H3/t18-,19?,20-,23+,24+,26-,27-,28+/m1/s1. The maximum absolute atomic E-state index is 10.8. The minimum atomic E-state index is -0.130. The normalized spacial score (nSPS) is 50.5. The van der Waals surface area contributed by atoms with E-state index in [1.165, 1.54) is 57.8 Å². The van der Waals surface area contributed by atoms with Crippen molar-refractivity contribution in [2.75, 3.05) is 6.61 Å². The summed E-state index contributed by atoms with van der Waals surface area (Å²) in [6.45, 7) is 16.1. The topological polar surface area (TPSA) is 32.8 Å². The Kier molecular flexibility index (Phi) is 4.90. The fraction of sp³-hybridized carbons (Fsp3) is 0.929. The van der Waals surface area contributed by atoms with Crippen molar-refractivity contribution in [1.29, 1.82) is 0 Å². The molecule has 8 atom stereocenters. The summed E-state index contributed by atoms with van der Waals surface area (Å²) in [6, 6.07) is 0. The van der Waals surface area contributed by atoms with Crippen LogP contribution >= 0.6 is 0 Å². The van der Waals surface area contributed by atoms with Crippen LogP contribution in [0.1, 0.15) is 106 Å². The lowest BCUT2D eigenvalue weighted by Crippen LogP contribution is -2.55. The molecule has 30 heavy (non-hydrogen) atoms. The average molecular weight is 415 g/mol. The van der Waals surface area contributed by atoms with E-state index >= 15 is 0 Å². The zero-order chi connectivity index (χ0) is 21.5. The van der Waals surface area contributed by atoms with Crippen LogP contribution in [-0.2, 0) is 4.74 Å². The highest BCUT2D eigenvalue weighted by Crippen LogP contribution is 2.72. The molecule has 0 amide bonds. The first-order valence-corrected chi connectivity index (χ1v) is 13.1. The minimum Gasteiger partial charge on any atom is -0.393 e. The van der Waals surface area contributed by atoms with Gasteiger partial charge in [0.15, 0.2) is 0 Å². The highest BCUT2D eigenvalue weighted by Gasteiger charge is 2.63. The quantitative estimate of drug-likeness (QED) is 0.400. The van der Waals surface area contributed by atoms with Gasteiger partial charge in [-0.1, -0.05) is 52.7 Å². The van der Waals surface area contributed by atoms with Gasteiger partial charge in [-0.15, -0.1) is 0 Å². The summed E-state index contributed by atoms with van der Waals surface area (Å²) in [6.07, 6.45) is 13.3. The number of ether oxygens (including phenoxy) is 1. The van der Waals surface area contributed by atoms with E-state index in [2.05, 4.69) is 41.5 Å². The monoisotopic (exact) mass is 414 g/mol. The van der Waals surface area contributed by atoms with Crippen molar-refractivity contribution in [3.8, 4) is 0 Å². The summed E-state index contributed by atoms with van der Waals surface area (Å²) in [4.78, 5) is 0. The molecule has 0 aromatic carbocycles. The van der Waals surface area contributed by atoms with Crippen molar-refractivity contribution < 1.29 is 9.84 Å². The Balaban J connectivity index is 1.46. The fourth-order valence-corrected chi connectivity index (χ4v) is 9.51. The number of hydrogen-bond donors (Lipinski definition) is 1. The molecular weight excluding hydrogens is 368 g/mol. The van der Waals surface area contributed by atoms with Crippen molar-refractivity contribution in [2.24, 2.45) is 39.4 Å². The molecule has 2 nitrogen and oxygen atoms in total. The average Bonchev–Trinajstić information content (AvgIpc) is 3.47. The van der Waals surface area contributed by atoms with Crippen LogP contribution in [0.4, 0.5) is 0 Å². The number of allylic oxidation sites excluding steroid dienone is 2. The highest BCUT2D eigenvalue weighted by molar-refractivity contribution is 5.38. The molecule has 1 aliphatic heterocycles. The maximum atomic E-state index is 10.8. The molecule has 0 spiro atoms. The van der Waals surface area contributed by atoms with Gasteiger partial charge in [-0.05, 0) is 104 Å². The summed E-state index contributed by atoms with van der Waals surface area (Å²) >= 11 is 0. The Morgan fingerprint density at radius 3 is 2.40 bits per heavy atom. The number of rotatable bonds is 4. The second-order valence-electron chi connectivity index (χ2n) is 13.2. The molecule has 0 radical (unpaired) electrons. The molecule has 5 aliphatic rings. The zero-order valence-electron chi connectivity index (χ0n) is 20.5. The lowest BCUT2D eigenvalue weighted by atomic mass is 9.43. The van der Waals surface area contributed by atoms with E-state index in [1.54, 1.807) is 0 Å². The number of aliphatic hydroxyl groups excluding tert-OH is 1. The smallest absolute Gasteiger partial charge is 0.0810 e. The summed E-state index contributed by atoms with van der Waals surface area (Å²) in [5, 5.41) is 10.8. The first-order chi connectivity index (χ1) is 14.0. The first-order valence-electron chi connectivity index (χ1n) is 13.1. The Morgan fingerprint density at radius 2 is 1.70 bits per heavy atom. The molecule has 1 saturated heterocycles. The molecule has 3 fully saturated rings. The van der Waals surface area contributed by atoms with Crippen LogP contribution in [0.25, 0.3) is 0 Å². The molecule has 1 heterocycles. The van der Waals surface area contributed by atoms with Crippen molar-refractivity contribution in [3.63, 3.8) is 0 Å². The van der Waals surface area contributed by atoms with Crippen LogP contribution in [0.2, 0.25) is 0 Å². The van der Waals surface area contributed by atoms with Crippen LogP contribution in [0.3, 0.4) is 0 Å². The van der Waals surface area contributed by atoms with Crippen LogP contribution in [0.15, 0.2) is 11.1 Å². The zero-order valence-corrected chi connectivity index (χ0v) is 20.5. The molecule has 170 valence electrons. The van der Waals surface area contributed by atoms with Gasteiger partial charge in [-0.25, -0.2) is 0 Å². The van der Waals surface area contributed by atoms with Crippen LogP contribution in [0, 0.1) is 39.4 Å². The molecule has 4 aliphatic carbocycles. The predicted octanol–water partition coefficient (Wildman–Crippen LogP) is 6.91. The van der Waals surface area contributed by atoms with E-state index in [0.717, 1.165) is 24.9 Å². The van der Waals surface area contributed by atoms with Gasteiger partial charge in [-0.2, -0.15) is 0 Å². The van der Waals surface area contributed by atoms with Gasteiger partial charge in [0, 0.05) is 0 Å². The molecule has 5 rings (SSSR count). The molecule has 1 unspecified atom stereocenters. The van der Waals surface area contributed by atoms with Crippen molar-refractivity contribution >= 4 is 0 Å². The largest absolute Gasteiger partial charge is 0.393 e. The second-order valence-corrected chi connectivity index (χ2v) is 13.2. The van der Waals surface area contributed by atoms with E-state index in [4.69, 9.17) is 4.74 Å². The Bertz CT molecular complexity index is 733. The van der Waals surface area contributed by atoms with Crippen LogP contribution in [0.5, 0.6) is 0 Å². The van der Waals surface area contributed by atoms with Crippen molar-refractivity contribution in [3.05, 3.63) is 11.1 Å². The number of aliphatic hydroxyl groups is 1. The van der Waals surface area contributed by atoms with Gasteiger partial charge in [0.25, 0.3) is 0 Å². The molecule has 2 heteroatoms. The predicted molar refractivity (Wildman–Crippen MR) is 123 cm³/mol. The maximum Gasteiger partial charge on any atom is 0.0810 e. The Labute approximate surface area is 185 Å². The summed E-state index contributed by atoms with van der Waals surface area (Å²) in [5.41, 5.74) is 4.94. The van der Waals surface area contributed by atoms with E-state index < -0.39 is 0 Å². The van der Waals surface area contributed by atoms with Crippen LogP contribution in [-0.4, -0.2) is 23.9 Å². The van der Waals surface area contributed by atoms with E-state index in [9.17, 15) is 5.11 Å². The molecule has 0 aromatic rings. The van der Waals surface area contributed by atoms with Crippen molar-refractivity contribution in [2.45, 2.75) is 118 Å². The van der Waals surface area contributed by atoms with Crippen molar-refractivity contribution in [1.82, 2.24) is 0 Å². The summed E-state index contributed by atoms with van der Waals surface area (Å²) in [7, 11) is 0. The number of hydrogen-bond acceptors (Lipinski definition) is 2. The molecule has 0 bridgehead atoms. The third-order valence-corrected chi connectivity index (χ3v) is 11.8. The summed E-state index contributed by atoms with van der Waals surface area (Å²) in [5.74, 6) is 2.32. The van der Waals surface area contributed by atoms with Gasteiger partial charge in [0.2, 0.25) is 0 Å². The Hall–Kier alpha value is -0.340. The van der Waals surface area contributed by atoms with E-state index in [-0.39, 0.29) is 11.5 Å². The molecule has 0 aromatic heterocycles. The Morgan fingerprint density at radius 1 is 0.967 bits per heavy atom. The van der Waals surface area contributed by atoms with E-state index in [0.29, 0.717) is 28.3 Å². The van der Waals surface area contributed by atoms with Gasteiger partial charge >= 0.3 is 0 Å². The third-order valence-electron chi connectivity index (χ3n) is 11.8.